The van der Waals surface area contributed by atoms with Crippen LogP contribution in [-0.4, -0.2) is 67.0 Å². The van der Waals surface area contributed by atoms with E-state index in [2.05, 4.69) is 10.3 Å². The lowest BCUT2D eigenvalue weighted by molar-refractivity contribution is -0.130. The van der Waals surface area contributed by atoms with Crippen LogP contribution in [0.2, 0.25) is 0 Å². The lowest BCUT2D eigenvalue weighted by atomic mass is 10.1. The molecule has 7 heteroatoms. The summed E-state index contributed by atoms with van der Waals surface area (Å²) in [6.07, 6.45) is 1.64. The first kappa shape index (κ1) is 22.7. The number of carbonyl (C=O) groups is 2. The SMILES string of the molecule is CN(Cc1ccc(C2=NCCN2)cc1)C(=O)CCCCN(C)C(=O)OC(C)(C)C. The molecule has 1 N–H and O–H groups in total. The first-order valence-corrected chi connectivity index (χ1v) is 10.2. The minimum absolute atomic E-state index is 0.107. The van der Waals surface area contributed by atoms with E-state index in [0.29, 0.717) is 19.5 Å². The van der Waals surface area contributed by atoms with Crippen LogP contribution < -0.4 is 5.32 Å². The third-order valence-corrected chi connectivity index (χ3v) is 4.59. The van der Waals surface area contributed by atoms with Gasteiger partial charge in [0, 0.05) is 45.7 Å². The van der Waals surface area contributed by atoms with Gasteiger partial charge in [0.2, 0.25) is 5.91 Å². The van der Waals surface area contributed by atoms with Crippen LogP contribution in [-0.2, 0) is 16.1 Å². The number of nitrogens with one attached hydrogen (secondary N) is 1. The van der Waals surface area contributed by atoms with Crippen molar-refractivity contribution in [3.05, 3.63) is 35.4 Å². The zero-order valence-corrected chi connectivity index (χ0v) is 18.3. The van der Waals surface area contributed by atoms with E-state index in [1.54, 1.807) is 16.8 Å². The van der Waals surface area contributed by atoms with Gasteiger partial charge < -0.3 is 19.9 Å². The number of carbonyl (C=O) groups excluding carboxylic acids is 2. The molecular weight excluding hydrogens is 368 g/mol. The Balaban J connectivity index is 1.69. The number of rotatable bonds is 8. The third kappa shape index (κ3) is 7.75. The molecule has 1 aliphatic rings. The predicted octanol–water partition coefficient (Wildman–Crippen LogP) is 3.03. The Bertz CT molecular complexity index is 723. The molecule has 0 saturated heterocycles. The first-order valence-electron chi connectivity index (χ1n) is 10.2. The van der Waals surface area contributed by atoms with Crippen molar-refractivity contribution in [2.45, 2.75) is 52.2 Å². The minimum atomic E-state index is -0.497. The van der Waals surface area contributed by atoms with E-state index in [1.807, 2.05) is 52.1 Å². The number of amidine groups is 1. The van der Waals surface area contributed by atoms with Crippen molar-refractivity contribution in [3.8, 4) is 0 Å². The highest BCUT2D eigenvalue weighted by molar-refractivity contribution is 5.99. The molecule has 29 heavy (non-hydrogen) atoms. The molecule has 2 rings (SSSR count). The standard InChI is InChI=1S/C22H34N4O3/c1-22(2,3)29-21(28)25(4)15-7-6-8-19(27)26(5)16-17-9-11-18(12-10-17)20-23-13-14-24-20/h9-12H,6-8,13-16H2,1-5H3,(H,23,24). The van der Waals surface area contributed by atoms with Crippen LogP contribution >= 0.6 is 0 Å². The van der Waals surface area contributed by atoms with Gasteiger partial charge >= 0.3 is 6.09 Å². The summed E-state index contributed by atoms with van der Waals surface area (Å²) in [5, 5.41) is 3.26. The Morgan fingerprint density at radius 3 is 2.38 bits per heavy atom. The molecule has 0 aliphatic carbocycles. The van der Waals surface area contributed by atoms with E-state index >= 15 is 0 Å². The molecule has 0 spiro atoms. The second-order valence-electron chi connectivity index (χ2n) is 8.46. The highest BCUT2D eigenvalue weighted by Gasteiger charge is 2.19. The largest absolute Gasteiger partial charge is 0.444 e. The minimum Gasteiger partial charge on any atom is -0.444 e. The molecule has 1 aliphatic heterocycles. The van der Waals surface area contributed by atoms with Crippen LogP contribution in [0.3, 0.4) is 0 Å². The van der Waals surface area contributed by atoms with Crippen molar-refractivity contribution in [1.82, 2.24) is 15.1 Å². The molecule has 1 aromatic carbocycles. The van der Waals surface area contributed by atoms with Crippen LogP contribution in [0.4, 0.5) is 4.79 Å². The van der Waals surface area contributed by atoms with E-state index in [0.717, 1.165) is 42.9 Å². The highest BCUT2D eigenvalue weighted by atomic mass is 16.6. The Labute approximate surface area is 174 Å². The normalized spacial score (nSPS) is 13.5. The maximum absolute atomic E-state index is 12.4. The monoisotopic (exact) mass is 402 g/mol. The molecule has 0 atom stereocenters. The van der Waals surface area contributed by atoms with E-state index in [1.165, 1.54) is 0 Å². The molecular formula is C22H34N4O3. The summed E-state index contributed by atoms with van der Waals surface area (Å²) in [5.41, 5.74) is 1.67. The summed E-state index contributed by atoms with van der Waals surface area (Å²) in [6, 6.07) is 8.16. The van der Waals surface area contributed by atoms with E-state index in [-0.39, 0.29) is 12.0 Å². The van der Waals surface area contributed by atoms with E-state index in [4.69, 9.17) is 4.74 Å². The number of hydrogen-bond donors (Lipinski definition) is 1. The summed E-state index contributed by atoms with van der Waals surface area (Å²) in [6.45, 7) is 8.41. The molecule has 160 valence electrons. The summed E-state index contributed by atoms with van der Waals surface area (Å²) < 4.78 is 5.32. The van der Waals surface area contributed by atoms with Crippen LogP contribution in [0.25, 0.3) is 0 Å². The molecule has 2 amide bonds. The van der Waals surface area contributed by atoms with Gasteiger partial charge in [0.05, 0.1) is 6.54 Å². The van der Waals surface area contributed by atoms with Gasteiger partial charge in [0.25, 0.3) is 0 Å². The van der Waals surface area contributed by atoms with Crippen LogP contribution in [0.5, 0.6) is 0 Å². The molecule has 1 heterocycles. The molecule has 0 bridgehead atoms. The predicted molar refractivity (Wildman–Crippen MR) is 115 cm³/mol. The van der Waals surface area contributed by atoms with Crippen molar-refractivity contribution < 1.29 is 14.3 Å². The number of ether oxygens (including phenoxy) is 1. The van der Waals surface area contributed by atoms with Gasteiger partial charge in [0.1, 0.15) is 11.4 Å². The van der Waals surface area contributed by atoms with Crippen molar-refractivity contribution in [3.63, 3.8) is 0 Å². The number of aliphatic imine (C=N–C) groups is 1. The Kier molecular flexibility index (Phi) is 8.05. The fourth-order valence-corrected chi connectivity index (χ4v) is 2.97. The highest BCUT2D eigenvalue weighted by Crippen LogP contribution is 2.12. The fourth-order valence-electron chi connectivity index (χ4n) is 2.97. The third-order valence-electron chi connectivity index (χ3n) is 4.59. The van der Waals surface area contributed by atoms with Crippen LogP contribution in [0.1, 0.15) is 51.2 Å². The average molecular weight is 403 g/mol. The quantitative estimate of drug-likeness (QED) is 0.678. The Morgan fingerprint density at radius 1 is 1.10 bits per heavy atom. The van der Waals surface area contributed by atoms with Crippen LogP contribution in [0.15, 0.2) is 29.3 Å². The summed E-state index contributed by atoms with van der Waals surface area (Å²) in [7, 11) is 3.55. The smallest absolute Gasteiger partial charge is 0.410 e. The Hall–Kier alpha value is -2.57. The lowest BCUT2D eigenvalue weighted by Gasteiger charge is -2.24. The van der Waals surface area contributed by atoms with E-state index in [9.17, 15) is 9.59 Å². The maximum Gasteiger partial charge on any atom is 0.410 e. The second kappa shape index (κ2) is 10.3. The number of unbranched alkanes of at least 4 members (excludes halogenated alkanes) is 1. The maximum atomic E-state index is 12.4. The van der Waals surface area contributed by atoms with Crippen LogP contribution in [0, 0.1) is 0 Å². The number of nitrogens with zero attached hydrogens (tertiary/aromatic N) is 3. The molecule has 1 aromatic rings. The first-order chi connectivity index (χ1) is 13.7. The van der Waals surface area contributed by atoms with Gasteiger partial charge in [-0.1, -0.05) is 24.3 Å². The average Bonchev–Trinajstić information content (AvgIpc) is 3.18. The topological polar surface area (TPSA) is 74.2 Å². The van der Waals surface area contributed by atoms with Gasteiger partial charge in [0.15, 0.2) is 0 Å². The van der Waals surface area contributed by atoms with Crippen molar-refractivity contribution in [2.75, 3.05) is 33.7 Å². The zero-order chi connectivity index (χ0) is 21.4. The van der Waals surface area contributed by atoms with Crippen molar-refractivity contribution in [2.24, 2.45) is 4.99 Å². The van der Waals surface area contributed by atoms with Crippen molar-refractivity contribution in [1.29, 1.82) is 0 Å². The molecule has 0 saturated carbocycles. The van der Waals surface area contributed by atoms with Gasteiger partial charge in [-0.25, -0.2) is 4.79 Å². The fraction of sp³-hybridized carbons (Fsp3) is 0.591. The lowest BCUT2D eigenvalue weighted by Crippen LogP contribution is -2.34. The number of amides is 2. The van der Waals surface area contributed by atoms with Gasteiger partial charge in [-0.3, -0.25) is 9.79 Å². The molecule has 0 unspecified atom stereocenters. The Morgan fingerprint density at radius 2 is 1.79 bits per heavy atom. The molecule has 0 fully saturated rings. The summed E-state index contributed by atoms with van der Waals surface area (Å²) in [4.78, 5) is 32.0. The van der Waals surface area contributed by atoms with Gasteiger partial charge in [-0.2, -0.15) is 0 Å². The zero-order valence-electron chi connectivity index (χ0n) is 18.3. The molecule has 7 nitrogen and oxygen atoms in total. The van der Waals surface area contributed by atoms with E-state index < -0.39 is 5.60 Å². The van der Waals surface area contributed by atoms with Crippen molar-refractivity contribution >= 4 is 17.8 Å². The van der Waals surface area contributed by atoms with Gasteiger partial charge in [-0.05, 0) is 39.2 Å². The molecule has 0 aromatic heterocycles. The number of benzene rings is 1. The molecule has 0 radical (unpaired) electrons. The number of hydrogen-bond acceptors (Lipinski definition) is 5. The second-order valence-corrected chi connectivity index (χ2v) is 8.46. The summed E-state index contributed by atoms with van der Waals surface area (Å²) in [5.74, 6) is 1.05. The summed E-state index contributed by atoms with van der Waals surface area (Å²) >= 11 is 0. The van der Waals surface area contributed by atoms with Gasteiger partial charge in [-0.15, -0.1) is 0 Å².